The van der Waals surface area contributed by atoms with Crippen molar-refractivity contribution in [2.24, 2.45) is 0 Å². The van der Waals surface area contributed by atoms with E-state index in [0.717, 1.165) is 48.2 Å². The molecule has 0 bridgehead atoms. The number of carbonyl (C=O) groups is 1. The number of rotatable bonds is 9. The number of hydrogen-bond donors (Lipinski definition) is 1. The number of nitrogens with zero attached hydrogens (tertiary/aromatic N) is 1. The van der Waals surface area contributed by atoms with Crippen LogP contribution < -0.4 is 10.2 Å². The van der Waals surface area contributed by atoms with Gasteiger partial charge in [0.1, 0.15) is 5.75 Å². The van der Waals surface area contributed by atoms with Crippen LogP contribution in [0.5, 0.6) is 5.75 Å². The topological polar surface area (TPSA) is 78.9 Å². The lowest BCUT2D eigenvalue weighted by atomic mass is 9.84. The summed E-state index contributed by atoms with van der Waals surface area (Å²) >= 11 is 0. The Labute approximate surface area is 203 Å². The van der Waals surface area contributed by atoms with Gasteiger partial charge in [-0.25, -0.2) is 4.79 Å². The third-order valence-electron chi connectivity index (χ3n) is 6.57. The highest BCUT2D eigenvalue weighted by molar-refractivity contribution is 5.66. The third-order valence-corrected chi connectivity index (χ3v) is 6.57. The van der Waals surface area contributed by atoms with Crippen molar-refractivity contribution in [2.45, 2.75) is 91.1 Å². The van der Waals surface area contributed by atoms with Gasteiger partial charge >= 0.3 is 6.16 Å². The van der Waals surface area contributed by atoms with Gasteiger partial charge in [-0.05, 0) is 57.9 Å². The highest BCUT2D eigenvalue weighted by atomic mass is 16.7. The van der Waals surface area contributed by atoms with Crippen molar-refractivity contribution in [3.8, 4) is 5.75 Å². The number of carbonyl (C=O) groups excluding carboxylic acids is 1. The van der Waals surface area contributed by atoms with Crippen molar-refractivity contribution in [3.63, 3.8) is 0 Å². The summed E-state index contributed by atoms with van der Waals surface area (Å²) in [4.78, 5) is 22.7. The highest BCUT2D eigenvalue weighted by Crippen LogP contribution is 2.34. The maximum Gasteiger partial charge on any atom is 0.513 e. The summed E-state index contributed by atoms with van der Waals surface area (Å²) in [6.45, 7) is 11.1. The van der Waals surface area contributed by atoms with Gasteiger partial charge in [-0.1, -0.05) is 44.2 Å². The summed E-state index contributed by atoms with van der Waals surface area (Å²) < 4.78 is 16.5. The minimum Gasteiger partial charge on any atom is -0.437 e. The maximum atomic E-state index is 11.9. The first-order valence-electron chi connectivity index (χ1n) is 12.0. The zero-order valence-corrected chi connectivity index (χ0v) is 21.3. The fourth-order valence-corrected chi connectivity index (χ4v) is 4.28. The average molecular weight is 471 g/mol. The molecule has 1 saturated carbocycles. The molecular weight excluding hydrogens is 432 g/mol. The van der Waals surface area contributed by atoms with Gasteiger partial charge < -0.3 is 14.2 Å². The largest absolute Gasteiger partial charge is 0.513 e. The van der Waals surface area contributed by atoms with Gasteiger partial charge in [0.05, 0.1) is 37.7 Å². The molecule has 0 spiro atoms. The molecule has 0 saturated heterocycles. The van der Waals surface area contributed by atoms with Crippen LogP contribution in [0.2, 0.25) is 0 Å². The lowest BCUT2D eigenvalue weighted by Gasteiger charge is -2.37. The van der Waals surface area contributed by atoms with Gasteiger partial charge in [0.15, 0.2) is 0 Å². The van der Waals surface area contributed by atoms with Gasteiger partial charge in [-0.3, -0.25) is 9.82 Å². The molecule has 1 N–H and O–H groups in total. The van der Waals surface area contributed by atoms with Crippen LogP contribution in [0.25, 0.3) is 0 Å². The van der Waals surface area contributed by atoms with E-state index in [1.54, 1.807) is 0 Å². The molecule has 2 aromatic rings. The Balaban J connectivity index is 1.58. The monoisotopic (exact) mass is 470 g/mol. The Morgan fingerprint density at radius 3 is 2.47 bits per heavy atom. The second-order valence-corrected chi connectivity index (χ2v) is 9.59. The van der Waals surface area contributed by atoms with E-state index in [4.69, 9.17) is 24.0 Å². The van der Waals surface area contributed by atoms with Crippen molar-refractivity contribution in [1.29, 1.82) is 0 Å². The van der Waals surface area contributed by atoms with Crippen LogP contribution in [-0.2, 0) is 27.5 Å². The van der Waals surface area contributed by atoms with Gasteiger partial charge in [0.2, 0.25) is 0 Å². The number of aromatic nitrogens is 1. The first-order valence-corrected chi connectivity index (χ1v) is 12.0. The van der Waals surface area contributed by atoms with E-state index in [2.05, 4.69) is 38.4 Å². The number of hydroxylamine groups is 1. The summed E-state index contributed by atoms with van der Waals surface area (Å²) in [6.07, 6.45) is 3.04. The Hall–Kier alpha value is -2.48. The second-order valence-electron chi connectivity index (χ2n) is 9.59. The summed E-state index contributed by atoms with van der Waals surface area (Å²) in [5, 5.41) is 0. The molecule has 1 aliphatic rings. The zero-order valence-electron chi connectivity index (χ0n) is 21.3. The number of methoxy groups -OCH3 is 1. The number of hydrogen-bond acceptors (Lipinski definition) is 7. The van der Waals surface area contributed by atoms with Crippen LogP contribution in [-0.4, -0.2) is 30.0 Å². The predicted molar refractivity (Wildman–Crippen MR) is 131 cm³/mol. The molecule has 0 atom stereocenters. The van der Waals surface area contributed by atoms with E-state index in [0.29, 0.717) is 18.9 Å². The van der Waals surface area contributed by atoms with E-state index in [9.17, 15) is 4.79 Å². The first kappa shape index (κ1) is 26.1. The highest BCUT2D eigenvalue weighted by Gasteiger charge is 2.32. The van der Waals surface area contributed by atoms with E-state index in [-0.39, 0.29) is 17.6 Å². The lowest BCUT2D eigenvalue weighted by Crippen LogP contribution is -2.38. The van der Waals surface area contributed by atoms with Crippen LogP contribution in [0.4, 0.5) is 4.79 Å². The molecule has 34 heavy (non-hydrogen) atoms. The maximum absolute atomic E-state index is 11.9. The summed E-state index contributed by atoms with van der Waals surface area (Å²) in [7, 11) is 1.30. The number of benzene rings is 1. The predicted octanol–water partition coefficient (Wildman–Crippen LogP) is 5.91. The molecule has 7 nitrogen and oxygen atoms in total. The molecule has 0 amide bonds. The third kappa shape index (κ3) is 6.78. The van der Waals surface area contributed by atoms with Gasteiger partial charge in [-0.2, -0.15) is 5.48 Å². The lowest BCUT2D eigenvalue weighted by molar-refractivity contribution is -0.115. The first-order chi connectivity index (χ1) is 16.2. The van der Waals surface area contributed by atoms with Crippen molar-refractivity contribution in [2.75, 3.05) is 7.11 Å². The van der Waals surface area contributed by atoms with E-state index in [1.165, 1.54) is 12.7 Å². The second kappa shape index (κ2) is 11.8. The number of pyridine rings is 1. The minimum absolute atomic E-state index is 0.0976. The molecule has 0 radical (unpaired) electrons. The van der Waals surface area contributed by atoms with Crippen LogP contribution in [0.1, 0.15) is 80.5 Å². The van der Waals surface area contributed by atoms with Crippen molar-refractivity contribution < 1.29 is 23.8 Å². The van der Waals surface area contributed by atoms with Crippen LogP contribution in [0.15, 0.2) is 30.3 Å². The SMILES string of the molecule is COC(=O)Oc1c(C)c(C)nc(C(C)C)c1CNO[C@H]1CC[C@@](C)(OCc2ccccc2)CC1. The quantitative estimate of drug-likeness (QED) is 0.361. The number of aryl methyl sites for hydroxylation is 1. The number of nitrogens with one attached hydrogen (secondary N) is 1. The fourth-order valence-electron chi connectivity index (χ4n) is 4.28. The Morgan fingerprint density at radius 2 is 1.85 bits per heavy atom. The van der Waals surface area contributed by atoms with E-state index < -0.39 is 6.16 Å². The van der Waals surface area contributed by atoms with Gasteiger partial charge in [0.25, 0.3) is 0 Å². The normalized spacial score (nSPS) is 20.4. The molecule has 0 aliphatic heterocycles. The summed E-state index contributed by atoms with van der Waals surface area (Å²) in [5.74, 6) is 0.651. The molecular formula is C27H38N2O5. The molecule has 1 aromatic carbocycles. The molecule has 1 heterocycles. The smallest absolute Gasteiger partial charge is 0.437 e. The fraction of sp³-hybridized carbons (Fsp3) is 0.556. The average Bonchev–Trinajstić information content (AvgIpc) is 2.83. The van der Waals surface area contributed by atoms with Crippen molar-refractivity contribution in [3.05, 3.63) is 58.4 Å². The van der Waals surface area contributed by atoms with E-state index >= 15 is 0 Å². The van der Waals surface area contributed by atoms with Crippen molar-refractivity contribution in [1.82, 2.24) is 10.5 Å². The van der Waals surface area contributed by atoms with Crippen molar-refractivity contribution >= 4 is 6.16 Å². The minimum atomic E-state index is -0.743. The molecule has 1 aliphatic carbocycles. The Kier molecular flexibility index (Phi) is 9.05. The zero-order chi connectivity index (χ0) is 24.7. The molecule has 1 aromatic heterocycles. The van der Waals surface area contributed by atoms with Crippen LogP contribution >= 0.6 is 0 Å². The Bertz CT molecular complexity index is 953. The molecule has 0 unspecified atom stereocenters. The molecule has 3 rings (SSSR count). The van der Waals surface area contributed by atoms with Crippen LogP contribution in [0, 0.1) is 13.8 Å². The van der Waals surface area contributed by atoms with Crippen LogP contribution in [0.3, 0.4) is 0 Å². The standard InChI is InChI=1S/C27H38N2O5/c1-18(2)24-23(25(33-26(30)31-6)19(3)20(4)29-24)16-28-34-22-12-14-27(5,15-13-22)32-17-21-10-8-7-9-11-21/h7-11,18,22,28H,12-17H2,1-6H3/t22-,27+. The van der Waals surface area contributed by atoms with E-state index in [1.807, 2.05) is 32.0 Å². The molecule has 7 heteroatoms. The molecule has 186 valence electrons. The summed E-state index contributed by atoms with van der Waals surface area (Å²) in [6, 6.07) is 10.3. The Morgan fingerprint density at radius 1 is 1.18 bits per heavy atom. The van der Waals surface area contributed by atoms with Gasteiger partial charge in [0, 0.05) is 16.8 Å². The summed E-state index contributed by atoms with van der Waals surface area (Å²) in [5.41, 5.74) is 7.51. The molecule has 1 fully saturated rings. The van der Waals surface area contributed by atoms with Gasteiger partial charge in [-0.15, -0.1) is 0 Å². The number of ether oxygens (including phenoxy) is 3.